The third kappa shape index (κ3) is 2.67. The van der Waals surface area contributed by atoms with Gasteiger partial charge in [-0.2, -0.15) is 4.98 Å². The van der Waals surface area contributed by atoms with Crippen molar-refractivity contribution in [3.8, 4) is 0 Å². The first-order valence-electron chi connectivity index (χ1n) is 9.31. The fourth-order valence-electron chi connectivity index (χ4n) is 3.85. The average Bonchev–Trinajstić information content (AvgIpc) is 3.30. The molecule has 0 bridgehead atoms. The van der Waals surface area contributed by atoms with Crippen LogP contribution >= 0.6 is 0 Å². The highest BCUT2D eigenvalue weighted by molar-refractivity contribution is 5.77. The van der Waals surface area contributed by atoms with Crippen LogP contribution in [0.2, 0.25) is 0 Å². The number of hydrogen-bond acceptors (Lipinski definition) is 4. The first-order chi connectivity index (χ1) is 14.0. The van der Waals surface area contributed by atoms with Gasteiger partial charge in [-0.15, -0.1) is 0 Å². The largest absolute Gasteiger partial charge is 0.332 e. The van der Waals surface area contributed by atoms with Gasteiger partial charge in [-0.25, -0.2) is 9.18 Å². The van der Waals surface area contributed by atoms with Gasteiger partial charge in [-0.1, -0.05) is 30.3 Å². The van der Waals surface area contributed by atoms with Crippen LogP contribution in [0.1, 0.15) is 5.56 Å². The molecule has 0 saturated heterocycles. The van der Waals surface area contributed by atoms with Crippen molar-refractivity contribution < 1.29 is 4.39 Å². The Morgan fingerprint density at radius 2 is 1.72 bits per heavy atom. The Bertz CT molecular complexity index is 1340. The maximum atomic E-state index is 13.3. The number of fused-ring (bicyclic) bond motifs is 3. The number of hydrogen-bond donors (Lipinski definition) is 0. The van der Waals surface area contributed by atoms with Crippen LogP contribution in [0.5, 0.6) is 0 Å². The number of benzene rings is 2. The van der Waals surface area contributed by atoms with Crippen molar-refractivity contribution in [3.63, 3.8) is 0 Å². The van der Waals surface area contributed by atoms with Gasteiger partial charge in [0.2, 0.25) is 5.95 Å². The molecule has 0 unspecified atom stereocenters. The minimum absolute atomic E-state index is 0.199. The SMILES string of the molecule is Cn1c(=O)n(Cc2ccccc2)c(=O)c2c1nc1n2CCN1c1ccc(F)cc1. The number of halogens is 1. The smallest absolute Gasteiger partial charge is 0.310 e. The molecule has 1 aliphatic rings. The summed E-state index contributed by atoms with van der Waals surface area (Å²) in [6, 6.07) is 15.5. The van der Waals surface area contributed by atoms with Crippen molar-refractivity contribution in [1.82, 2.24) is 18.7 Å². The van der Waals surface area contributed by atoms with Crippen LogP contribution < -0.4 is 16.1 Å². The summed E-state index contributed by atoms with van der Waals surface area (Å²) >= 11 is 0. The van der Waals surface area contributed by atoms with Gasteiger partial charge in [0.25, 0.3) is 5.56 Å². The Labute approximate surface area is 164 Å². The van der Waals surface area contributed by atoms with E-state index in [9.17, 15) is 14.0 Å². The first kappa shape index (κ1) is 17.4. The summed E-state index contributed by atoms with van der Waals surface area (Å²) in [4.78, 5) is 32.6. The zero-order valence-corrected chi connectivity index (χ0v) is 15.7. The highest BCUT2D eigenvalue weighted by Crippen LogP contribution is 2.31. The van der Waals surface area contributed by atoms with Crippen LogP contribution in [0.4, 0.5) is 16.0 Å². The molecule has 3 heterocycles. The minimum Gasteiger partial charge on any atom is -0.310 e. The van der Waals surface area contributed by atoms with Gasteiger partial charge in [-0.05, 0) is 29.8 Å². The van der Waals surface area contributed by atoms with E-state index >= 15 is 0 Å². The van der Waals surface area contributed by atoms with Crippen LogP contribution in [0.3, 0.4) is 0 Å². The lowest BCUT2D eigenvalue weighted by molar-refractivity contribution is 0.628. The van der Waals surface area contributed by atoms with E-state index in [0.29, 0.717) is 30.2 Å². The molecular weight excluding hydrogens is 373 g/mol. The number of aromatic nitrogens is 4. The molecule has 0 atom stereocenters. The number of aryl methyl sites for hydroxylation is 1. The van der Waals surface area contributed by atoms with Crippen LogP contribution in [0, 0.1) is 5.82 Å². The normalized spacial score (nSPS) is 13.2. The summed E-state index contributed by atoms with van der Waals surface area (Å²) in [5, 5.41) is 0. The quantitative estimate of drug-likeness (QED) is 0.537. The Kier molecular flexibility index (Phi) is 3.87. The monoisotopic (exact) mass is 391 g/mol. The number of rotatable bonds is 3. The standard InChI is InChI=1S/C21H18FN5O2/c1-24-18-17(19(28)27(21(24)29)13-14-5-3-2-4-6-14)26-12-11-25(20(26)23-18)16-9-7-15(22)8-10-16/h2-10H,11-13H2,1H3. The minimum atomic E-state index is -0.406. The van der Waals surface area contributed by atoms with Crippen molar-refractivity contribution in [1.29, 1.82) is 0 Å². The lowest BCUT2D eigenvalue weighted by Gasteiger charge is -2.15. The summed E-state index contributed by atoms with van der Waals surface area (Å²) in [6.07, 6.45) is 0. The van der Waals surface area contributed by atoms with E-state index in [0.717, 1.165) is 11.3 Å². The van der Waals surface area contributed by atoms with E-state index in [-0.39, 0.29) is 17.9 Å². The van der Waals surface area contributed by atoms with E-state index in [1.807, 2.05) is 39.8 Å². The van der Waals surface area contributed by atoms with Crippen molar-refractivity contribution in [2.45, 2.75) is 13.1 Å². The predicted octanol–water partition coefficient (Wildman–Crippen LogP) is 2.24. The van der Waals surface area contributed by atoms with Gasteiger partial charge in [-0.3, -0.25) is 13.9 Å². The second-order valence-corrected chi connectivity index (χ2v) is 7.08. The second kappa shape index (κ2) is 6.44. The van der Waals surface area contributed by atoms with Crippen molar-refractivity contribution in [3.05, 3.63) is 86.8 Å². The van der Waals surface area contributed by atoms with Gasteiger partial charge in [0.05, 0.1) is 6.54 Å². The van der Waals surface area contributed by atoms with Gasteiger partial charge < -0.3 is 9.47 Å². The highest BCUT2D eigenvalue weighted by atomic mass is 19.1. The fraction of sp³-hybridized carbons (Fsp3) is 0.190. The van der Waals surface area contributed by atoms with Gasteiger partial charge in [0, 0.05) is 25.8 Å². The Hall–Kier alpha value is -3.68. The van der Waals surface area contributed by atoms with E-state index in [4.69, 9.17) is 0 Å². The molecule has 0 N–H and O–H groups in total. The molecule has 2 aromatic heterocycles. The summed E-state index contributed by atoms with van der Waals surface area (Å²) in [6.45, 7) is 1.37. The van der Waals surface area contributed by atoms with Crippen molar-refractivity contribution in [2.75, 3.05) is 11.4 Å². The summed E-state index contributed by atoms with van der Waals surface area (Å²) in [7, 11) is 1.62. The fourth-order valence-corrected chi connectivity index (χ4v) is 3.85. The van der Waals surface area contributed by atoms with Crippen molar-refractivity contribution >= 4 is 22.8 Å². The number of anilines is 2. The molecule has 1 aliphatic heterocycles. The molecule has 146 valence electrons. The van der Waals surface area contributed by atoms with Gasteiger partial charge in [0.15, 0.2) is 11.2 Å². The summed E-state index contributed by atoms with van der Waals surface area (Å²) in [5.41, 5.74) is 1.66. The zero-order chi connectivity index (χ0) is 20.1. The molecule has 0 aliphatic carbocycles. The molecule has 0 radical (unpaired) electrons. The van der Waals surface area contributed by atoms with Crippen LogP contribution in [0.25, 0.3) is 11.2 Å². The van der Waals surface area contributed by atoms with E-state index < -0.39 is 5.69 Å². The maximum Gasteiger partial charge on any atom is 0.332 e. The second-order valence-electron chi connectivity index (χ2n) is 7.08. The predicted molar refractivity (Wildman–Crippen MR) is 108 cm³/mol. The molecular formula is C21H18FN5O2. The third-order valence-corrected chi connectivity index (χ3v) is 5.32. The van der Waals surface area contributed by atoms with Gasteiger partial charge in [0.1, 0.15) is 5.82 Å². The molecule has 8 heteroatoms. The number of imidazole rings is 1. The average molecular weight is 391 g/mol. The first-order valence-corrected chi connectivity index (χ1v) is 9.31. The molecule has 5 rings (SSSR count). The Morgan fingerprint density at radius 1 is 1.00 bits per heavy atom. The topological polar surface area (TPSA) is 65.1 Å². The van der Waals surface area contributed by atoms with Gasteiger partial charge >= 0.3 is 5.69 Å². The Morgan fingerprint density at radius 3 is 2.45 bits per heavy atom. The molecule has 2 aromatic carbocycles. The van der Waals surface area contributed by atoms with Crippen LogP contribution in [-0.2, 0) is 20.1 Å². The molecule has 0 spiro atoms. The zero-order valence-electron chi connectivity index (χ0n) is 15.7. The lowest BCUT2D eigenvalue weighted by Crippen LogP contribution is -2.40. The third-order valence-electron chi connectivity index (χ3n) is 5.32. The molecule has 4 aromatic rings. The molecule has 7 nitrogen and oxygen atoms in total. The Balaban J connectivity index is 1.68. The molecule has 29 heavy (non-hydrogen) atoms. The van der Waals surface area contributed by atoms with E-state index in [2.05, 4.69) is 4.98 Å². The number of nitrogens with zero attached hydrogens (tertiary/aromatic N) is 5. The maximum absolute atomic E-state index is 13.3. The van der Waals surface area contributed by atoms with Crippen LogP contribution in [-0.4, -0.2) is 25.2 Å². The summed E-state index contributed by atoms with van der Waals surface area (Å²) < 4.78 is 17.8. The van der Waals surface area contributed by atoms with E-state index in [1.54, 1.807) is 19.2 Å². The molecule has 0 saturated carbocycles. The van der Waals surface area contributed by atoms with Crippen molar-refractivity contribution in [2.24, 2.45) is 7.05 Å². The molecule has 0 amide bonds. The lowest BCUT2D eigenvalue weighted by atomic mass is 10.2. The van der Waals surface area contributed by atoms with E-state index in [1.165, 1.54) is 21.3 Å². The highest BCUT2D eigenvalue weighted by Gasteiger charge is 2.28. The molecule has 0 fully saturated rings. The van der Waals surface area contributed by atoms with Crippen LogP contribution in [0.15, 0.2) is 64.2 Å². The summed E-state index contributed by atoms with van der Waals surface area (Å²) in [5.74, 6) is 0.267.